The molecule has 0 saturated carbocycles. The van der Waals surface area contributed by atoms with Crippen LogP contribution in [0.4, 0.5) is 11.4 Å². The number of halogens is 1. The van der Waals surface area contributed by atoms with Crippen molar-refractivity contribution in [2.75, 3.05) is 17.6 Å². The zero-order chi connectivity index (χ0) is 13.7. The maximum Gasteiger partial charge on any atom is 0.131 e. The second kappa shape index (κ2) is 6.07. The molecule has 19 heavy (non-hydrogen) atoms. The zero-order valence-electron chi connectivity index (χ0n) is 10.2. The van der Waals surface area contributed by atoms with E-state index in [-0.39, 0.29) is 0 Å². The smallest absolute Gasteiger partial charge is 0.131 e. The molecule has 0 radical (unpaired) electrons. The number of hydrogen-bond acceptors (Lipinski definition) is 4. The summed E-state index contributed by atoms with van der Waals surface area (Å²) >= 11 is 5.81. The number of hydrogen-bond donors (Lipinski definition) is 2. The summed E-state index contributed by atoms with van der Waals surface area (Å²) in [5, 5.41) is 12.3. The Labute approximate surface area is 116 Å². The van der Waals surface area contributed by atoms with Crippen LogP contribution in [-0.4, -0.2) is 11.5 Å². The van der Waals surface area contributed by atoms with Crippen LogP contribution in [0.15, 0.2) is 36.5 Å². The van der Waals surface area contributed by atoms with Crippen LogP contribution in [0.25, 0.3) is 0 Å². The van der Waals surface area contributed by atoms with Gasteiger partial charge in [0.25, 0.3) is 0 Å². The Bertz CT molecular complexity index is 602. The van der Waals surface area contributed by atoms with Crippen molar-refractivity contribution in [3.63, 3.8) is 0 Å². The third kappa shape index (κ3) is 3.60. The van der Waals surface area contributed by atoms with E-state index in [1.807, 2.05) is 24.3 Å². The maximum atomic E-state index is 8.72. The molecule has 96 valence electrons. The highest BCUT2D eigenvalue weighted by molar-refractivity contribution is 6.29. The number of aromatic nitrogens is 1. The molecular weight excluding hydrogens is 260 g/mol. The van der Waals surface area contributed by atoms with Crippen molar-refractivity contribution >= 4 is 23.0 Å². The third-order valence-corrected chi connectivity index (χ3v) is 2.92. The van der Waals surface area contributed by atoms with E-state index in [0.29, 0.717) is 16.4 Å². The predicted octanol–water partition coefficient (Wildman–Crippen LogP) is 2.84. The van der Waals surface area contributed by atoms with Crippen molar-refractivity contribution in [2.45, 2.75) is 6.42 Å². The minimum Gasteiger partial charge on any atom is -0.396 e. The van der Waals surface area contributed by atoms with E-state index in [2.05, 4.69) is 16.4 Å². The van der Waals surface area contributed by atoms with Crippen molar-refractivity contribution in [2.24, 2.45) is 0 Å². The van der Waals surface area contributed by atoms with Crippen LogP contribution >= 0.6 is 11.6 Å². The number of anilines is 2. The lowest BCUT2D eigenvalue weighted by Crippen LogP contribution is -2.07. The number of nitrogens with zero attached hydrogens (tertiary/aromatic N) is 2. The lowest BCUT2D eigenvalue weighted by Gasteiger charge is -2.09. The monoisotopic (exact) mass is 272 g/mol. The SMILES string of the molecule is N#Cc1ccc(CCNc2cc(Cl)ncc2N)cc1. The molecule has 0 aliphatic heterocycles. The molecule has 0 atom stereocenters. The summed E-state index contributed by atoms with van der Waals surface area (Å²) in [4.78, 5) is 3.89. The van der Waals surface area contributed by atoms with Crippen molar-refractivity contribution in [1.29, 1.82) is 5.26 Å². The van der Waals surface area contributed by atoms with E-state index in [0.717, 1.165) is 24.2 Å². The molecule has 4 nitrogen and oxygen atoms in total. The predicted molar refractivity (Wildman–Crippen MR) is 77.0 cm³/mol. The van der Waals surface area contributed by atoms with Gasteiger partial charge >= 0.3 is 0 Å². The quantitative estimate of drug-likeness (QED) is 0.839. The van der Waals surface area contributed by atoms with Crippen molar-refractivity contribution in [3.8, 4) is 6.07 Å². The summed E-state index contributed by atoms with van der Waals surface area (Å²) in [5.41, 5.74) is 8.97. The Morgan fingerprint density at radius 1 is 1.32 bits per heavy atom. The van der Waals surface area contributed by atoms with Gasteiger partial charge in [-0.1, -0.05) is 23.7 Å². The first kappa shape index (κ1) is 13.2. The molecule has 3 N–H and O–H groups in total. The van der Waals surface area contributed by atoms with Crippen molar-refractivity contribution in [3.05, 3.63) is 52.8 Å². The Balaban J connectivity index is 1.92. The molecule has 1 aromatic carbocycles. The van der Waals surface area contributed by atoms with Gasteiger partial charge in [-0.2, -0.15) is 5.26 Å². The minimum absolute atomic E-state index is 0.412. The molecule has 2 rings (SSSR count). The fourth-order valence-electron chi connectivity index (χ4n) is 1.68. The summed E-state index contributed by atoms with van der Waals surface area (Å²) in [6, 6.07) is 11.3. The fraction of sp³-hybridized carbons (Fsp3) is 0.143. The van der Waals surface area contributed by atoms with Crippen LogP contribution < -0.4 is 11.1 Å². The molecule has 2 aromatic rings. The Hall–Kier alpha value is -2.25. The summed E-state index contributed by atoms with van der Waals surface area (Å²) in [7, 11) is 0. The van der Waals surface area contributed by atoms with Gasteiger partial charge in [0.05, 0.1) is 29.2 Å². The van der Waals surface area contributed by atoms with Gasteiger partial charge in [0.2, 0.25) is 0 Å². The van der Waals surface area contributed by atoms with E-state index in [1.54, 1.807) is 6.07 Å². The minimum atomic E-state index is 0.412. The number of nitriles is 1. The second-order valence-electron chi connectivity index (χ2n) is 4.08. The topological polar surface area (TPSA) is 74.7 Å². The number of nitrogen functional groups attached to an aromatic ring is 1. The molecule has 5 heteroatoms. The first-order valence-electron chi connectivity index (χ1n) is 5.83. The summed E-state index contributed by atoms with van der Waals surface area (Å²) < 4.78 is 0. The van der Waals surface area contributed by atoms with Gasteiger partial charge in [-0.05, 0) is 24.1 Å². The van der Waals surface area contributed by atoms with Gasteiger partial charge < -0.3 is 11.1 Å². The van der Waals surface area contributed by atoms with E-state index >= 15 is 0 Å². The standard InChI is InChI=1S/C14H13ClN4/c15-14-7-13(12(17)9-19-14)18-6-5-10-1-3-11(8-16)4-2-10/h1-4,7,9H,5-6,17H2,(H,18,19). The summed E-state index contributed by atoms with van der Waals surface area (Å²) in [5.74, 6) is 0. The maximum absolute atomic E-state index is 8.72. The highest BCUT2D eigenvalue weighted by Gasteiger charge is 2.01. The second-order valence-corrected chi connectivity index (χ2v) is 4.47. The molecule has 0 bridgehead atoms. The molecule has 0 aliphatic carbocycles. The normalized spacial score (nSPS) is 9.89. The lowest BCUT2D eigenvalue weighted by molar-refractivity contribution is 1.02. The Morgan fingerprint density at radius 3 is 2.74 bits per heavy atom. The molecule has 1 heterocycles. The summed E-state index contributed by atoms with van der Waals surface area (Å²) in [6.45, 7) is 0.733. The van der Waals surface area contributed by atoms with Crippen molar-refractivity contribution < 1.29 is 0 Å². The molecule has 0 fully saturated rings. The van der Waals surface area contributed by atoms with E-state index in [1.165, 1.54) is 6.20 Å². The van der Waals surface area contributed by atoms with Gasteiger partial charge in [0.15, 0.2) is 0 Å². The number of pyridine rings is 1. The fourth-order valence-corrected chi connectivity index (χ4v) is 1.84. The van der Waals surface area contributed by atoms with Crippen LogP contribution in [-0.2, 0) is 6.42 Å². The number of nitrogens with two attached hydrogens (primary N) is 1. The van der Waals surface area contributed by atoms with E-state index in [9.17, 15) is 0 Å². The van der Waals surface area contributed by atoms with Crippen LogP contribution in [0.5, 0.6) is 0 Å². The zero-order valence-corrected chi connectivity index (χ0v) is 11.0. The lowest BCUT2D eigenvalue weighted by atomic mass is 10.1. The van der Waals surface area contributed by atoms with Gasteiger partial charge in [-0.3, -0.25) is 0 Å². The van der Waals surface area contributed by atoms with E-state index in [4.69, 9.17) is 22.6 Å². The average molecular weight is 273 g/mol. The molecule has 0 aliphatic rings. The number of nitrogens with one attached hydrogen (secondary N) is 1. The molecule has 0 spiro atoms. The van der Waals surface area contributed by atoms with Crippen LogP contribution in [0.1, 0.15) is 11.1 Å². The van der Waals surface area contributed by atoms with Crippen LogP contribution in [0, 0.1) is 11.3 Å². The molecule has 0 unspecified atom stereocenters. The first-order chi connectivity index (χ1) is 9.19. The molecular formula is C14H13ClN4. The Morgan fingerprint density at radius 2 is 2.05 bits per heavy atom. The molecule has 0 amide bonds. The van der Waals surface area contributed by atoms with E-state index < -0.39 is 0 Å². The number of rotatable bonds is 4. The van der Waals surface area contributed by atoms with Crippen LogP contribution in [0.3, 0.4) is 0 Å². The summed E-state index contributed by atoms with van der Waals surface area (Å²) in [6.07, 6.45) is 2.37. The largest absolute Gasteiger partial charge is 0.396 e. The number of benzene rings is 1. The van der Waals surface area contributed by atoms with Gasteiger partial charge in [-0.15, -0.1) is 0 Å². The highest BCUT2D eigenvalue weighted by Crippen LogP contribution is 2.20. The van der Waals surface area contributed by atoms with Gasteiger partial charge in [0.1, 0.15) is 5.15 Å². The molecule has 0 saturated heterocycles. The average Bonchev–Trinajstić information content (AvgIpc) is 2.43. The first-order valence-corrected chi connectivity index (χ1v) is 6.21. The van der Waals surface area contributed by atoms with Gasteiger partial charge in [0, 0.05) is 12.6 Å². The third-order valence-electron chi connectivity index (χ3n) is 2.71. The highest BCUT2D eigenvalue weighted by atomic mass is 35.5. The van der Waals surface area contributed by atoms with Crippen LogP contribution in [0.2, 0.25) is 5.15 Å². The van der Waals surface area contributed by atoms with Gasteiger partial charge in [-0.25, -0.2) is 4.98 Å². The Kier molecular flexibility index (Phi) is 4.22. The molecule has 1 aromatic heterocycles. The van der Waals surface area contributed by atoms with Crippen molar-refractivity contribution in [1.82, 2.24) is 4.98 Å².